The molecule has 0 amide bonds. The van der Waals surface area contributed by atoms with E-state index < -0.39 is 17.5 Å². The van der Waals surface area contributed by atoms with Gasteiger partial charge in [-0.25, -0.2) is 23.8 Å². The van der Waals surface area contributed by atoms with Crippen LogP contribution < -0.4 is 16.7 Å². The molecule has 12 heteroatoms. The summed E-state index contributed by atoms with van der Waals surface area (Å²) >= 11 is 0. The highest BCUT2D eigenvalue weighted by Gasteiger charge is 2.27. The minimum atomic E-state index is -0.623. The number of anilines is 1. The number of phenols is 1. The maximum atomic E-state index is 14.2. The van der Waals surface area contributed by atoms with Crippen LogP contribution in [0.1, 0.15) is 30.7 Å². The first kappa shape index (κ1) is 26.5. The molecule has 0 spiro atoms. The number of benzene rings is 2. The number of aromatic nitrogens is 4. The molecule has 40 heavy (non-hydrogen) atoms. The molecule has 1 aliphatic heterocycles. The summed E-state index contributed by atoms with van der Waals surface area (Å²) in [6.07, 6.45) is 4.19. The Bertz CT molecular complexity index is 1810. The van der Waals surface area contributed by atoms with E-state index in [1.165, 1.54) is 18.5 Å². The van der Waals surface area contributed by atoms with Gasteiger partial charge in [0, 0.05) is 23.7 Å². The van der Waals surface area contributed by atoms with Gasteiger partial charge in [0.2, 0.25) is 0 Å². The van der Waals surface area contributed by atoms with E-state index in [2.05, 4.69) is 21.4 Å². The second kappa shape index (κ2) is 10.9. The van der Waals surface area contributed by atoms with E-state index in [0.717, 1.165) is 35.6 Å². The molecule has 1 unspecified atom stereocenters. The molecule has 5 N–H and O–H groups in total. The number of fused-ring (bicyclic) bond motifs is 2. The summed E-state index contributed by atoms with van der Waals surface area (Å²) in [4.78, 5) is 29.9. The van der Waals surface area contributed by atoms with Crippen LogP contribution in [0, 0.1) is 5.82 Å². The molecule has 4 heterocycles. The van der Waals surface area contributed by atoms with Gasteiger partial charge in [0.25, 0.3) is 6.47 Å². The van der Waals surface area contributed by atoms with Crippen molar-refractivity contribution in [3.05, 3.63) is 82.4 Å². The smallest absolute Gasteiger partial charge is 0.343 e. The number of hydrogen-bond donors (Lipinski definition) is 4. The maximum Gasteiger partial charge on any atom is 0.343 e. The van der Waals surface area contributed by atoms with Gasteiger partial charge in [0.05, 0.1) is 10.8 Å². The first-order valence-corrected chi connectivity index (χ1v) is 12.4. The normalized spacial score (nSPS) is 13.9. The summed E-state index contributed by atoms with van der Waals surface area (Å²) < 4.78 is 21.7. The molecule has 0 fully saturated rings. The first-order valence-electron chi connectivity index (χ1n) is 12.4. The predicted molar refractivity (Wildman–Crippen MR) is 147 cm³/mol. The zero-order valence-electron chi connectivity index (χ0n) is 21.3. The fourth-order valence-corrected chi connectivity index (χ4v) is 4.98. The van der Waals surface area contributed by atoms with Crippen molar-refractivity contribution in [1.82, 2.24) is 25.1 Å². The van der Waals surface area contributed by atoms with Gasteiger partial charge in [0.1, 0.15) is 41.2 Å². The summed E-state index contributed by atoms with van der Waals surface area (Å²) in [6, 6.07) is 10.5. The Morgan fingerprint density at radius 2 is 1.95 bits per heavy atom. The predicted octanol–water partition coefficient (Wildman–Crippen LogP) is 3.71. The molecule has 204 valence electrons. The Balaban J connectivity index is 0.00000103. The number of nitrogen functional groups attached to an aromatic ring is 1. The fraction of sp³-hybridized carbons (Fsp3) is 0.179. The van der Waals surface area contributed by atoms with Crippen LogP contribution in [0.25, 0.3) is 38.6 Å². The number of nitrogens with two attached hydrogens (primary N) is 1. The molecule has 3 aromatic heterocycles. The Kier molecular flexibility index (Phi) is 7.25. The number of phenolic OH excluding ortho intramolecular Hbond substituents is 1. The second-order valence-corrected chi connectivity index (χ2v) is 9.09. The van der Waals surface area contributed by atoms with Crippen LogP contribution in [0.4, 0.5) is 10.2 Å². The van der Waals surface area contributed by atoms with Gasteiger partial charge < -0.3 is 25.7 Å². The lowest BCUT2D eigenvalue weighted by molar-refractivity contribution is -0.122. The molecule has 1 atom stereocenters. The molecule has 0 saturated heterocycles. The van der Waals surface area contributed by atoms with Crippen LogP contribution in [-0.4, -0.2) is 49.5 Å². The van der Waals surface area contributed by atoms with Crippen molar-refractivity contribution in [2.24, 2.45) is 0 Å². The Labute approximate surface area is 226 Å². The number of nitrogens with zero attached hydrogens (tertiary/aromatic N) is 4. The van der Waals surface area contributed by atoms with E-state index in [1.54, 1.807) is 10.7 Å². The fourth-order valence-electron chi connectivity index (χ4n) is 4.98. The third-order valence-corrected chi connectivity index (χ3v) is 6.67. The van der Waals surface area contributed by atoms with Crippen LogP contribution >= 0.6 is 0 Å². The zero-order chi connectivity index (χ0) is 28.4. The van der Waals surface area contributed by atoms with Gasteiger partial charge in [-0.2, -0.15) is 5.10 Å². The summed E-state index contributed by atoms with van der Waals surface area (Å²) in [5, 5.41) is 26.7. The average Bonchev–Trinajstić information content (AvgIpc) is 3.34. The standard InChI is InChI=1S/C27H23FN6O3.CH2O2/c1-14(24-21(15-6-8-30-9-7-15)19-4-2-3-5-20(19)27(36)37-24)34-26-22(25(29)31-13-32-26)23(33-34)16-10-17(28)12-18(35)11-16;2-1-3/h2-6,10-14,30,35H,7-9H2,1H3,(H2,29,31,32);1H,(H,2,3). The SMILES string of the molecule is CC(c1oc(=O)c2ccccc2c1C1=CCNCC1)n1nc(-c2cc(O)cc(F)c2)c2c(N)ncnc21.O=CO. The summed E-state index contributed by atoms with van der Waals surface area (Å²) in [5.41, 5.74) is 8.70. The molecule has 5 aromatic rings. The maximum absolute atomic E-state index is 14.2. The zero-order valence-corrected chi connectivity index (χ0v) is 21.3. The van der Waals surface area contributed by atoms with Crippen LogP contribution in [0.3, 0.4) is 0 Å². The third-order valence-electron chi connectivity index (χ3n) is 6.67. The monoisotopic (exact) mass is 544 g/mol. The molecular formula is C28H25FN6O5. The van der Waals surface area contributed by atoms with Gasteiger partial charge in [-0.3, -0.25) is 4.79 Å². The highest BCUT2D eigenvalue weighted by Crippen LogP contribution is 2.38. The number of aromatic hydroxyl groups is 1. The van der Waals surface area contributed by atoms with E-state index >= 15 is 0 Å². The van der Waals surface area contributed by atoms with Crippen molar-refractivity contribution in [3.63, 3.8) is 0 Å². The van der Waals surface area contributed by atoms with Gasteiger partial charge >= 0.3 is 5.63 Å². The van der Waals surface area contributed by atoms with Crippen molar-refractivity contribution in [1.29, 1.82) is 0 Å². The molecule has 2 aromatic carbocycles. The molecule has 0 aliphatic carbocycles. The van der Waals surface area contributed by atoms with Crippen molar-refractivity contribution < 1.29 is 23.8 Å². The van der Waals surface area contributed by atoms with Gasteiger partial charge in [-0.05, 0) is 49.0 Å². The number of rotatable bonds is 4. The van der Waals surface area contributed by atoms with Crippen molar-refractivity contribution in [3.8, 4) is 17.0 Å². The Morgan fingerprint density at radius 3 is 2.65 bits per heavy atom. The molecule has 6 rings (SSSR count). The average molecular weight is 545 g/mol. The first-order chi connectivity index (χ1) is 19.3. The van der Waals surface area contributed by atoms with E-state index in [-0.39, 0.29) is 18.0 Å². The highest BCUT2D eigenvalue weighted by atomic mass is 19.1. The Hall–Kier alpha value is -5.10. The number of nitrogens with one attached hydrogen (secondary N) is 1. The Morgan fingerprint density at radius 1 is 1.20 bits per heavy atom. The van der Waals surface area contributed by atoms with Gasteiger partial charge in [-0.15, -0.1) is 0 Å². The van der Waals surface area contributed by atoms with Crippen molar-refractivity contribution >= 4 is 39.7 Å². The number of carboxylic acid groups (broad SMARTS) is 1. The third kappa shape index (κ3) is 4.76. The summed E-state index contributed by atoms with van der Waals surface area (Å²) in [5.74, 6) is -0.279. The molecular weight excluding hydrogens is 519 g/mol. The van der Waals surface area contributed by atoms with Crippen LogP contribution in [-0.2, 0) is 4.79 Å². The second-order valence-electron chi connectivity index (χ2n) is 9.09. The van der Waals surface area contributed by atoms with Crippen molar-refractivity contribution in [2.75, 3.05) is 18.8 Å². The molecule has 0 bridgehead atoms. The lowest BCUT2D eigenvalue weighted by atomic mass is 9.92. The quantitative estimate of drug-likeness (QED) is 0.245. The van der Waals surface area contributed by atoms with Gasteiger partial charge in [0.15, 0.2) is 5.65 Å². The van der Waals surface area contributed by atoms with Crippen molar-refractivity contribution in [2.45, 2.75) is 19.4 Å². The minimum absolute atomic E-state index is 0.156. The molecule has 1 aliphatic rings. The topological polar surface area (TPSA) is 169 Å². The van der Waals surface area contributed by atoms with E-state index in [4.69, 9.17) is 25.2 Å². The highest BCUT2D eigenvalue weighted by molar-refractivity contribution is 5.99. The van der Waals surface area contributed by atoms with E-state index in [1.807, 2.05) is 25.1 Å². The van der Waals surface area contributed by atoms with Crippen LogP contribution in [0.2, 0.25) is 0 Å². The number of hydrogen-bond acceptors (Lipinski definition) is 9. The summed E-state index contributed by atoms with van der Waals surface area (Å²) in [7, 11) is 0. The van der Waals surface area contributed by atoms with E-state index in [0.29, 0.717) is 40.0 Å². The number of halogens is 1. The largest absolute Gasteiger partial charge is 0.508 e. The molecule has 11 nitrogen and oxygen atoms in total. The van der Waals surface area contributed by atoms with E-state index in [9.17, 15) is 14.3 Å². The minimum Gasteiger partial charge on any atom is -0.508 e. The molecule has 0 radical (unpaired) electrons. The van der Waals surface area contributed by atoms with Crippen LogP contribution in [0.5, 0.6) is 5.75 Å². The van der Waals surface area contributed by atoms with Gasteiger partial charge in [-0.1, -0.05) is 24.3 Å². The summed E-state index contributed by atoms with van der Waals surface area (Å²) in [6.45, 7) is 3.11. The van der Waals surface area contributed by atoms with Crippen LogP contribution in [0.15, 0.2) is 64.1 Å². The molecule has 0 saturated carbocycles. The lowest BCUT2D eigenvalue weighted by Gasteiger charge is -2.21. The number of carbonyl (C=O) groups is 1. The lowest BCUT2D eigenvalue weighted by Crippen LogP contribution is -2.22.